The molecule has 3 N–H and O–H groups in total. The molecule has 17 heavy (non-hydrogen) atoms. The lowest BCUT2D eigenvalue weighted by molar-refractivity contribution is -0.143. The van der Waals surface area contributed by atoms with Crippen molar-refractivity contribution in [2.24, 2.45) is 23.5 Å². The van der Waals surface area contributed by atoms with Crippen LogP contribution in [-0.2, 0) is 9.59 Å². The molecule has 2 bridgehead atoms. The van der Waals surface area contributed by atoms with Gasteiger partial charge in [-0.1, -0.05) is 0 Å². The van der Waals surface area contributed by atoms with Crippen LogP contribution in [0.1, 0.15) is 19.3 Å². The zero-order valence-electron chi connectivity index (χ0n) is 9.89. The highest BCUT2D eigenvalue weighted by atomic mass is 16.2. The summed E-state index contributed by atoms with van der Waals surface area (Å²) >= 11 is 0. The van der Waals surface area contributed by atoms with E-state index in [1.165, 1.54) is 6.42 Å². The zero-order chi connectivity index (χ0) is 12.0. The van der Waals surface area contributed by atoms with E-state index in [2.05, 4.69) is 5.32 Å². The number of piperazine rings is 1. The Morgan fingerprint density at radius 1 is 1.35 bits per heavy atom. The minimum Gasteiger partial charge on any atom is -0.353 e. The molecule has 3 rings (SSSR count). The first-order valence-electron chi connectivity index (χ1n) is 6.48. The SMILES string of the molecule is NC1C2CCC(C2)C1C(=O)N1CCNC(=O)C1. The fourth-order valence-electron chi connectivity index (χ4n) is 3.74. The van der Waals surface area contributed by atoms with Gasteiger partial charge in [0.1, 0.15) is 0 Å². The summed E-state index contributed by atoms with van der Waals surface area (Å²) < 4.78 is 0. The number of carbonyl (C=O) groups excluding carboxylic acids is 2. The summed E-state index contributed by atoms with van der Waals surface area (Å²) in [7, 11) is 0. The van der Waals surface area contributed by atoms with E-state index in [1.54, 1.807) is 4.90 Å². The third-order valence-corrected chi connectivity index (χ3v) is 4.62. The predicted molar refractivity (Wildman–Crippen MR) is 61.9 cm³/mol. The van der Waals surface area contributed by atoms with Crippen molar-refractivity contribution in [3.05, 3.63) is 0 Å². The van der Waals surface area contributed by atoms with Crippen molar-refractivity contribution in [3.8, 4) is 0 Å². The quantitative estimate of drug-likeness (QED) is 0.634. The molecule has 4 unspecified atom stereocenters. The Morgan fingerprint density at radius 3 is 2.76 bits per heavy atom. The molecule has 0 aromatic carbocycles. The fourth-order valence-corrected chi connectivity index (χ4v) is 3.74. The molecule has 5 nitrogen and oxygen atoms in total. The lowest BCUT2D eigenvalue weighted by Gasteiger charge is -2.34. The summed E-state index contributed by atoms with van der Waals surface area (Å²) in [5.41, 5.74) is 6.16. The molecule has 3 aliphatic rings. The summed E-state index contributed by atoms with van der Waals surface area (Å²) in [5, 5.41) is 2.74. The Labute approximate surface area is 101 Å². The number of fused-ring (bicyclic) bond motifs is 2. The van der Waals surface area contributed by atoms with Gasteiger partial charge in [0.2, 0.25) is 11.8 Å². The van der Waals surface area contributed by atoms with E-state index >= 15 is 0 Å². The van der Waals surface area contributed by atoms with E-state index in [-0.39, 0.29) is 30.3 Å². The summed E-state index contributed by atoms with van der Waals surface area (Å²) in [6.45, 7) is 1.41. The van der Waals surface area contributed by atoms with Crippen molar-refractivity contribution in [1.82, 2.24) is 10.2 Å². The smallest absolute Gasteiger partial charge is 0.239 e. The minimum atomic E-state index is -0.0543. The van der Waals surface area contributed by atoms with E-state index in [4.69, 9.17) is 5.73 Å². The monoisotopic (exact) mass is 237 g/mol. The lowest BCUT2D eigenvalue weighted by atomic mass is 9.84. The van der Waals surface area contributed by atoms with Gasteiger partial charge in [-0.2, -0.15) is 0 Å². The van der Waals surface area contributed by atoms with Crippen molar-refractivity contribution in [2.75, 3.05) is 19.6 Å². The summed E-state index contributed by atoms with van der Waals surface area (Å²) in [6, 6.07) is 0.0197. The summed E-state index contributed by atoms with van der Waals surface area (Å²) in [6.07, 6.45) is 3.42. The minimum absolute atomic E-state index is 0.0197. The van der Waals surface area contributed by atoms with Crippen molar-refractivity contribution in [2.45, 2.75) is 25.3 Å². The average molecular weight is 237 g/mol. The number of hydrogen-bond acceptors (Lipinski definition) is 3. The Bertz CT molecular complexity index is 356. The molecule has 0 aromatic rings. The van der Waals surface area contributed by atoms with Gasteiger partial charge in [-0.15, -0.1) is 0 Å². The maximum atomic E-state index is 12.4. The number of nitrogens with two attached hydrogens (primary N) is 1. The maximum Gasteiger partial charge on any atom is 0.239 e. The molecule has 0 radical (unpaired) electrons. The first-order chi connectivity index (χ1) is 8.16. The van der Waals surface area contributed by atoms with E-state index in [1.807, 2.05) is 0 Å². The molecule has 4 atom stereocenters. The second-order valence-corrected chi connectivity index (χ2v) is 5.55. The van der Waals surface area contributed by atoms with Gasteiger partial charge < -0.3 is 16.0 Å². The highest BCUT2D eigenvalue weighted by Crippen LogP contribution is 2.48. The first kappa shape index (κ1) is 11.0. The Balaban J connectivity index is 1.71. The van der Waals surface area contributed by atoms with Crippen LogP contribution >= 0.6 is 0 Å². The number of nitrogens with zero attached hydrogens (tertiary/aromatic N) is 1. The molecule has 2 amide bonds. The van der Waals surface area contributed by atoms with Gasteiger partial charge in [0.25, 0.3) is 0 Å². The normalized spacial score (nSPS) is 40.5. The van der Waals surface area contributed by atoms with Crippen molar-refractivity contribution >= 4 is 11.8 Å². The van der Waals surface area contributed by atoms with Crippen LogP contribution in [-0.4, -0.2) is 42.4 Å². The van der Waals surface area contributed by atoms with Gasteiger partial charge >= 0.3 is 0 Å². The average Bonchev–Trinajstić information content (AvgIpc) is 2.88. The topological polar surface area (TPSA) is 75.4 Å². The van der Waals surface area contributed by atoms with Gasteiger partial charge in [-0.3, -0.25) is 9.59 Å². The molecule has 94 valence electrons. The molecule has 5 heteroatoms. The van der Waals surface area contributed by atoms with Crippen LogP contribution in [0.5, 0.6) is 0 Å². The molecular formula is C12H19N3O2. The molecule has 2 aliphatic carbocycles. The van der Waals surface area contributed by atoms with Crippen LogP contribution in [0.25, 0.3) is 0 Å². The number of amides is 2. The van der Waals surface area contributed by atoms with Crippen molar-refractivity contribution in [3.63, 3.8) is 0 Å². The largest absolute Gasteiger partial charge is 0.353 e. The first-order valence-corrected chi connectivity index (χ1v) is 6.48. The predicted octanol–water partition coefficient (Wildman–Crippen LogP) is -0.682. The highest BCUT2D eigenvalue weighted by Gasteiger charge is 2.50. The maximum absolute atomic E-state index is 12.4. The summed E-state index contributed by atoms with van der Waals surface area (Å²) in [4.78, 5) is 25.4. The van der Waals surface area contributed by atoms with E-state index < -0.39 is 0 Å². The molecular weight excluding hydrogens is 218 g/mol. The number of rotatable bonds is 1. The van der Waals surface area contributed by atoms with Crippen LogP contribution in [0.2, 0.25) is 0 Å². The zero-order valence-corrected chi connectivity index (χ0v) is 9.89. The van der Waals surface area contributed by atoms with Gasteiger partial charge in [0, 0.05) is 19.1 Å². The van der Waals surface area contributed by atoms with Crippen LogP contribution in [0.3, 0.4) is 0 Å². The van der Waals surface area contributed by atoms with Crippen LogP contribution in [0.15, 0.2) is 0 Å². The lowest BCUT2D eigenvalue weighted by Crippen LogP contribution is -2.54. The molecule has 0 spiro atoms. The van der Waals surface area contributed by atoms with Crippen molar-refractivity contribution < 1.29 is 9.59 Å². The molecule has 1 heterocycles. The Hall–Kier alpha value is -1.10. The second kappa shape index (κ2) is 3.98. The number of carbonyl (C=O) groups is 2. The van der Waals surface area contributed by atoms with Crippen LogP contribution < -0.4 is 11.1 Å². The standard InChI is InChI=1S/C12H19N3O2/c13-11-8-2-1-7(5-8)10(11)12(17)15-4-3-14-9(16)6-15/h7-8,10-11H,1-6,13H2,(H,14,16). The van der Waals surface area contributed by atoms with E-state index in [0.717, 1.165) is 12.8 Å². The Morgan fingerprint density at radius 2 is 2.12 bits per heavy atom. The van der Waals surface area contributed by atoms with Gasteiger partial charge in [-0.05, 0) is 31.1 Å². The van der Waals surface area contributed by atoms with Crippen LogP contribution in [0, 0.1) is 17.8 Å². The summed E-state index contributed by atoms with van der Waals surface area (Å²) in [5.74, 6) is 1.03. The number of nitrogens with one attached hydrogen (secondary N) is 1. The number of hydrogen-bond donors (Lipinski definition) is 2. The molecule has 3 fully saturated rings. The van der Waals surface area contributed by atoms with Gasteiger partial charge in [-0.25, -0.2) is 0 Å². The third kappa shape index (κ3) is 1.73. The molecule has 1 saturated heterocycles. The van der Waals surface area contributed by atoms with E-state index in [9.17, 15) is 9.59 Å². The van der Waals surface area contributed by atoms with Gasteiger partial charge in [0.15, 0.2) is 0 Å². The van der Waals surface area contributed by atoms with Gasteiger partial charge in [0.05, 0.1) is 12.5 Å². The highest BCUT2D eigenvalue weighted by molar-refractivity contribution is 5.87. The van der Waals surface area contributed by atoms with Crippen molar-refractivity contribution in [1.29, 1.82) is 0 Å². The second-order valence-electron chi connectivity index (χ2n) is 5.55. The Kier molecular flexibility index (Phi) is 2.58. The van der Waals surface area contributed by atoms with E-state index in [0.29, 0.717) is 24.9 Å². The third-order valence-electron chi connectivity index (χ3n) is 4.62. The van der Waals surface area contributed by atoms with Crippen LogP contribution in [0.4, 0.5) is 0 Å². The molecule has 1 aliphatic heterocycles. The molecule has 2 saturated carbocycles. The molecule has 0 aromatic heterocycles. The fraction of sp³-hybridized carbons (Fsp3) is 0.833.